The van der Waals surface area contributed by atoms with Gasteiger partial charge < -0.3 is 15.3 Å². The number of hydrogen-bond donors (Lipinski definition) is 2. The Morgan fingerprint density at radius 2 is 1.91 bits per heavy atom. The van der Waals surface area contributed by atoms with Gasteiger partial charge in [0.15, 0.2) is 0 Å². The maximum Gasteiger partial charge on any atom is 0.0715 e. The predicted molar refractivity (Wildman–Crippen MR) is 38.6 cm³/mol. The Balaban J connectivity index is 2.91. The van der Waals surface area contributed by atoms with E-state index in [0.29, 0.717) is 5.69 Å². The summed E-state index contributed by atoms with van der Waals surface area (Å²) < 4.78 is 0. The fourth-order valence-corrected chi connectivity index (χ4v) is 0.703. The maximum atomic E-state index is 10.2. The highest BCUT2D eigenvalue weighted by atomic mass is 16.4. The number of carboxylic acids is 1. The number of nitrogens with two attached hydrogens (primary N) is 1. The summed E-state index contributed by atoms with van der Waals surface area (Å²) in [6, 6.07) is 5.96. The van der Waals surface area contributed by atoms with Crippen molar-refractivity contribution in [1.29, 1.82) is 0 Å². The van der Waals surface area contributed by atoms with Gasteiger partial charge in [-0.15, -0.1) is 0 Å². The second-order valence-electron chi connectivity index (χ2n) is 2.01. The zero-order chi connectivity index (χ0) is 8.27. The van der Waals surface area contributed by atoms with Crippen molar-refractivity contribution in [2.75, 3.05) is 5.43 Å². The number of nitrogen functional groups attached to an aromatic ring is 1. The van der Waals surface area contributed by atoms with Gasteiger partial charge in [-0.05, 0) is 17.7 Å². The van der Waals surface area contributed by atoms with Gasteiger partial charge in [-0.2, -0.15) is 0 Å². The minimum atomic E-state index is -1.19. The van der Waals surface area contributed by atoms with Crippen LogP contribution < -0.4 is 16.4 Å². The van der Waals surface area contributed by atoms with Crippen LogP contribution in [0.2, 0.25) is 0 Å². The summed E-state index contributed by atoms with van der Waals surface area (Å²) in [5.74, 6) is 3.88. The van der Waals surface area contributed by atoms with Crippen molar-refractivity contribution >= 4 is 11.7 Å². The number of carbonyl (C=O) groups is 1. The first kappa shape index (κ1) is 7.56. The van der Waals surface area contributed by atoms with Gasteiger partial charge in [-0.1, -0.05) is 12.1 Å². The van der Waals surface area contributed by atoms with Crippen molar-refractivity contribution in [2.45, 2.75) is 0 Å². The van der Waals surface area contributed by atoms with E-state index < -0.39 is 5.97 Å². The number of benzene rings is 1. The van der Waals surface area contributed by atoms with Crippen LogP contribution in [0.5, 0.6) is 0 Å². The summed E-state index contributed by atoms with van der Waals surface area (Å²) in [4.78, 5) is 10.2. The van der Waals surface area contributed by atoms with Crippen molar-refractivity contribution in [3.63, 3.8) is 0 Å². The normalized spacial score (nSPS) is 9.18. The smallest absolute Gasteiger partial charge is 0.0715 e. The molecule has 0 fully saturated rings. The molecule has 0 atom stereocenters. The summed E-state index contributed by atoms with van der Waals surface area (Å²) in [5, 5.41) is 10.2. The molecular formula is C7H7N2O2-. The van der Waals surface area contributed by atoms with E-state index in [1.807, 2.05) is 0 Å². The van der Waals surface area contributed by atoms with Crippen LogP contribution >= 0.6 is 0 Å². The number of carbonyl (C=O) groups excluding carboxylic acids is 1. The van der Waals surface area contributed by atoms with Crippen LogP contribution in [0.4, 0.5) is 5.69 Å². The lowest BCUT2D eigenvalue weighted by atomic mass is 10.2. The van der Waals surface area contributed by atoms with Crippen LogP contribution in [0, 0.1) is 0 Å². The van der Waals surface area contributed by atoms with Crippen molar-refractivity contribution in [3.8, 4) is 0 Å². The van der Waals surface area contributed by atoms with E-state index in [0.717, 1.165) is 0 Å². The molecule has 0 aliphatic rings. The molecule has 1 aromatic carbocycles. The first-order chi connectivity index (χ1) is 5.24. The van der Waals surface area contributed by atoms with Crippen LogP contribution in [0.3, 0.4) is 0 Å². The van der Waals surface area contributed by atoms with E-state index >= 15 is 0 Å². The molecule has 1 rings (SSSR count). The second kappa shape index (κ2) is 3.03. The van der Waals surface area contributed by atoms with E-state index in [9.17, 15) is 9.90 Å². The third kappa shape index (κ3) is 1.68. The van der Waals surface area contributed by atoms with Gasteiger partial charge >= 0.3 is 0 Å². The van der Waals surface area contributed by atoms with E-state index in [4.69, 9.17) is 5.84 Å². The number of hydrazine groups is 1. The van der Waals surface area contributed by atoms with Gasteiger partial charge in [-0.3, -0.25) is 5.84 Å². The third-order valence-electron chi connectivity index (χ3n) is 1.29. The average molecular weight is 151 g/mol. The molecule has 4 nitrogen and oxygen atoms in total. The Labute approximate surface area is 63.6 Å². The van der Waals surface area contributed by atoms with Crippen LogP contribution in [-0.4, -0.2) is 5.97 Å². The lowest BCUT2D eigenvalue weighted by molar-refractivity contribution is -0.255. The van der Waals surface area contributed by atoms with Crippen molar-refractivity contribution in [1.82, 2.24) is 0 Å². The quantitative estimate of drug-likeness (QED) is 0.434. The average Bonchev–Trinajstić information content (AvgIpc) is 2.05. The van der Waals surface area contributed by atoms with Gasteiger partial charge in [0.1, 0.15) is 0 Å². The first-order valence-electron chi connectivity index (χ1n) is 3.02. The molecule has 0 unspecified atom stereocenters. The van der Waals surface area contributed by atoms with Crippen molar-refractivity contribution in [2.24, 2.45) is 5.84 Å². The van der Waals surface area contributed by atoms with E-state index in [1.165, 1.54) is 12.1 Å². The molecule has 1 aromatic rings. The predicted octanol–water partition coefficient (Wildman–Crippen LogP) is -0.664. The monoisotopic (exact) mass is 151 g/mol. The fourth-order valence-electron chi connectivity index (χ4n) is 0.703. The number of aromatic carboxylic acids is 1. The molecule has 4 heteroatoms. The Kier molecular flexibility index (Phi) is 2.08. The van der Waals surface area contributed by atoms with Crippen LogP contribution in [0.25, 0.3) is 0 Å². The summed E-state index contributed by atoms with van der Waals surface area (Å²) in [6.07, 6.45) is 0. The molecule has 0 saturated carbocycles. The highest BCUT2D eigenvalue weighted by Gasteiger charge is 1.91. The Hall–Kier alpha value is -1.55. The molecule has 0 aliphatic heterocycles. The zero-order valence-electron chi connectivity index (χ0n) is 5.70. The number of rotatable bonds is 2. The third-order valence-corrected chi connectivity index (χ3v) is 1.29. The molecule has 0 radical (unpaired) electrons. The first-order valence-corrected chi connectivity index (χ1v) is 3.02. The Morgan fingerprint density at radius 3 is 2.27 bits per heavy atom. The lowest BCUT2D eigenvalue weighted by Gasteiger charge is -2.02. The minimum Gasteiger partial charge on any atom is -0.545 e. The molecule has 0 spiro atoms. The fraction of sp³-hybridized carbons (Fsp3) is 0. The molecule has 0 saturated heterocycles. The zero-order valence-corrected chi connectivity index (χ0v) is 5.70. The molecule has 0 amide bonds. The van der Waals surface area contributed by atoms with Gasteiger partial charge in [0.2, 0.25) is 0 Å². The highest BCUT2D eigenvalue weighted by molar-refractivity contribution is 5.86. The summed E-state index contributed by atoms with van der Waals surface area (Å²) in [5.41, 5.74) is 3.18. The van der Waals surface area contributed by atoms with Gasteiger partial charge in [-0.25, -0.2) is 0 Å². The number of hydrogen-bond acceptors (Lipinski definition) is 4. The van der Waals surface area contributed by atoms with Crippen molar-refractivity contribution in [3.05, 3.63) is 29.8 Å². The number of nitrogens with one attached hydrogen (secondary N) is 1. The molecule has 58 valence electrons. The Morgan fingerprint density at radius 1 is 1.36 bits per heavy atom. The SMILES string of the molecule is NNc1ccc(C(=O)[O-])cc1. The van der Waals surface area contributed by atoms with Crippen LogP contribution in [0.15, 0.2) is 24.3 Å². The topological polar surface area (TPSA) is 78.2 Å². The summed E-state index contributed by atoms with van der Waals surface area (Å²) in [6.45, 7) is 0. The van der Waals surface area contributed by atoms with Gasteiger partial charge in [0.25, 0.3) is 0 Å². The van der Waals surface area contributed by atoms with E-state index in [2.05, 4.69) is 5.43 Å². The molecule has 0 bridgehead atoms. The van der Waals surface area contributed by atoms with Gasteiger partial charge in [0, 0.05) is 5.69 Å². The second-order valence-corrected chi connectivity index (χ2v) is 2.01. The summed E-state index contributed by atoms with van der Waals surface area (Å²) in [7, 11) is 0. The lowest BCUT2D eigenvalue weighted by Crippen LogP contribution is -2.22. The van der Waals surface area contributed by atoms with Gasteiger partial charge in [0.05, 0.1) is 5.97 Å². The van der Waals surface area contributed by atoms with E-state index in [1.54, 1.807) is 12.1 Å². The number of carboxylic acid groups (broad SMARTS) is 1. The van der Waals surface area contributed by atoms with Crippen LogP contribution in [0.1, 0.15) is 10.4 Å². The molecule has 0 heterocycles. The molecule has 0 aromatic heterocycles. The number of anilines is 1. The van der Waals surface area contributed by atoms with Crippen LogP contribution in [-0.2, 0) is 0 Å². The summed E-state index contributed by atoms with van der Waals surface area (Å²) >= 11 is 0. The van der Waals surface area contributed by atoms with E-state index in [-0.39, 0.29) is 5.56 Å². The molecule has 0 aliphatic carbocycles. The minimum absolute atomic E-state index is 0.143. The standard InChI is InChI=1S/C7H8N2O2/c8-9-6-3-1-5(2-4-6)7(10)11/h1-4,9H,8H2,(H,10,11)/p-1. The molecule has 3 N–H and O–H groups in total. The molecule has 11 heavy (non-hydrogen) atoms. The largest absolute Gasteiger partial charge is 0.545 e. The molecular weight excluding hydrogens is 144 g/mol. The Bertz CT molecular complexity index is 256. The van der Waals surface area contributed by atoms with Crippen molar-refractivity contribution < 1.29 is 9.90 Å². The maximum absolute atomic E-state index is 10.2. The highest BCUT2D eigenvalue weighted by Crippen LogP contribution is 2.06.